The van der Waals surface area contributed by atoms with Crippen LogP contribution in [0.25, 0.3) is 0 Å². The Bertz CT molecular complexity index is 562. The van der Waals surface area contributed by atoms with Crippen molar-refractivity contribution in [2.75, 3.05) is 5.32 Å². The van der Waals surface area contributed by atoms with E-state index >= 15 is 0 Å². The van der Waals surface area contributed by atoms with E-state index in [1.54, 1.807) is 23.5 Å². The lowest BCUT2D eigenvalue weighted by molar-refractivity contribution is 1.03. The van der Waals surface area contributed by atoms with Gasteiger partial charge in [0.2, 0.25) is 0 Å². The largest absolute Gasteiger partial charge is 0.365 e. The Morgan fingerprint density at radius 2 is 2.18 bits per heavy atom. The van der Waals surface area contributed by atoms with Gasteiger partial charge in [-0.3, -0.25) is 0 Å². The van der Waals surface area contributed by atoms with Crippen LogP contribution in [0.3, 0.4) is 0 Å². The maximum absolute atomic E-state index is 9.17. The Kier molecular flexibility index (Phi) is 4.06. The molecule has 1 aromatic carbocycles. The van der Waals surface area contributed by atoms with Crippen LogP contribution >= 0.6 is 38.9 Å². The molecule has 0 spiro atoms. The van der Waals surface area contributed by atoms with Gasteiger partial charge in [0.25, 0.3) is 0 Å². The standard InChI is InChI=1S/C12H8BrClN2S/c13-12-5-4-11(17-12)10(7-15)16-9-3-1-2-8(14)6-9/h1-6,10,16H. The highest BCUT2D eigenvalue weighted by molar-refractivity contribution is 9.11. The molecule has 0 bridgehead atoms. The van der Waals surface area contributed by atoms with E-state index in [0.29, 0.717) is 5.02 Å². The minimum absolute atomic E-state index is 0.357. The number of halogens is 2. The van der Waals surface area contributed by atoms with E-state index < -0.39 is 0 Å². The maximum Gasteiger partial charge on any atom is 0.149 e. The molecule has 86 valence electrons. The van der Waals surface area contributed by atoms with Crippen LogP contribution in [0.4, 0.5) is 5.69 Å². The third-order valence-corrected chi connectivity index (χ3v) is 4.07. The molecule has 0 saturated heterocycles. The lowest BCUT2D eigenvalue weighted by Gasteiger charge is -2.11. The first-order valence-electron chi connectivity index (χ1n) is 4.86. The molecule has 1 heterocycles. The molecule has 0 amide bonds. The minimum Gasteiger partial charge on any atom is -0.365 e. The molecular formula is C12H8BrClN2S. The van der Waals surface area contributed by atoms with Gasteiger partial charge in [-0.05, 0) is 46.3 Å². The van der Waals surface area contributed by atoms with Crippen LogP contribution in [0.5, 0.6) is 0 Å². The number of hydrogen-bond acceptors (Lipinski definition) is 3. The van der Waals surface area contributed by atoms with E-state index in [1.165, 1.54) is 0 Å². The summed E-state index contributed by atoms with van der Waals surface area (Å²) in [6, 6.07) is 13.1. The molecule has 5 heteroatoms. The van der Waals surface area contributed by atoms with E-state index in [1.807, 2.05) is 24.3 Å². The second-order valence-corrected chi connectivity index (χ2v) is 6.29. The van der Waals surface area contributed by atoms with Crippen molar-refractivity contribution in [1.29, 1.82) is 5.26 Å². The molecule has 0 saturated carbocycles. The number of hydrogen-bond donors (Lipinski definition) is 1. The number of rotatable bonds is 3. The summed E-state index contributed by atoms with van der Waals surface area (Å²) in [5, 5.41) is 13.0. The monoisotopic (exact) mass is 326 g/mol. The van der Waals surface area contributed by atoms with E-state index in [0.717, 1.165) is 14.4 Å². The maximum atomic E-state index is 9.17. The first-order chi connectivity index (χ1) is 8.19. The number of nitrogens with zero attached hydrogens (tertiary/aromatic N) is 1. The molecule has 1 aromatic heterocycles. The number of nitriles is 1. The van der Waals surface area contributed by atoms with Gasteiger partial charge >= 0.3 is 0 Å². The minimum atomic E-state index is -0.357. The van der Waals surface area contributed by atoms with Gasteiger partial charge in [-0.25, -0.2) is 0 Å². The molecule has 1 N–H and O–H groups in total. The summed E-state index contributed by atoms with van der Waals surface area (Å²) in [6.07, 6.45) is 0. The van der Waals surface area contributed by atoms with Crippen LogP contribution < -0.4 is 5.32 Å². The van der Waals surface area contributed by atoms with Crippen LogP contribution in [-0.4, -0.2) is 0 Å². The normalized spacial score (nSPS) is 11.8. The van der Waals surface area contributed by atoms with Crippen molar-refractivity contribution in [2.24, 2.45) is 0 Å². The van der Waals surface area contributed by atoms with Crippen LogP contribution in [0.2, 0.25) is 5.02 Å². The lowest BCUT2D eigenvalue weighted by Crippen LogP contribution is -2.06. The van der Waals surface area contributed by atoms with Crippen LogP contribution in [-0.2, 0) is 0 Å². The Labute approximate surface area is 117 Å². The topological polar surface area (TPSA) is 35.8 Å². The number of thiophene rings is 1. The Hall–Kier alpha value is -1.02. The van der Waals surface area contributed by atoms with Crippen molar-refractivity contribution in [2.45, 2.75) is 6.04 Å². The number of benzene rings is 1. The van der Waals surface area contributed by atoms with Crippen molar-refractivity contribution in [3.63, 3.8) is 0 Å². The molecule has 2 rings (SSSR count). The molecule has 1 atom stereocenters. The van der Waals surface area contributed by atoms with Gasteiger partial charge in [0.15, 0.2) is 0 Å². The van der Waals surface area contributed by atoms with Gasteiger partial charge in [0.05, 0.1) is 9.86 Å². The summed E-state index contributed by atoms with van der Waals surface area (Å²) in [5.74, 6) is 0. The fraction of sp³-hybridized carbons (Fsp3) is 0.0833. The third-order valence-electron chi connectivity index (χ3n) is 2.14. The summed E-state index contributed by atoms with van der Waals surface area (Å²) in [7, 11) is 0. The van der Waals surface area contributed by atoms with E-state index in [4.69, 9.17) is 16.9 Å². The Balaban J connectivity index is 2.19. The number of anilines is 1. The predicted octanol–water partition coefficient (Wildman–Crippen LogP) is 4.84. The SMILES string of the molecule is N#CC(Nc1cccc(Cl)c1)c1ccc(Br)s1. The summed E-state index contributed by atoms with van der Waals surface area (Å²) in [5.41, 5.74) is 0.841. The zero-order valence-corrected chi connectivity index (χ0v) is 11.8. The Morgan fingerprint density at radius 3 is 2.76 bits per heavy atom. The molecule has 1 unspecified atom stereocenters. The van der Waals surface area contributed by atoms with Crippen molar-refractivity contribution in [1.82, 2.24) is 0 Å². The first kappa shape index (κ1) is 12.4. The number of nitrogens with one attached hydrogen (secondary N) is 1. The van der Waals surface area contributed by atoms with Gasteiger partial charge in [-0.15, -0.1) is 11.3 Å². The molecule has 2 nitrogen and oxygen atoms in total. The third kappa shape index (κ3) is 3.22. The van der Waals surface area contributed by atoms with Gasteiger partial charge in [0.1, 0.15) is 6.04 Å². The molecule has 2 aromatic rings. The second-order valence-electron chi connectivity index (χ2n) is 3.36. The summed E-state index contributed by atoms with van der Waals surface area (Å²) in [4.78, 5) is 0.972. The molecule has 0 aliphatic rings. The van der Waals surface area contributed by atoms with E-state index in [9.17, 15) is 0 Å². The highest BCUT2D eigenvalue weighted by atomic mass is 79.9. The van der Waals surface area contributed by atoms with Crippen molar-refractivity contribution >= 4 is 44.6 Å². The van der Waals surface area contributed by atoms with Crippen molar-refractivity contribution < 1.29 is 0 Å². The molecule has 0 radical (unpaired) electrons. The second kappa shape index (κ2) is 5.54. The van der Waals surface area contributed by atoms with Crippen LogP contribution in [0.15, 0.2) is 40.2 Å². The zero-order chi connectivity index (χ0) is 12.3. The van der Waals surface area contributed by atoms with Gasteiger partial charge in [0, 0.05) is 15.6 Å². The first-order valence-corrected chi connectivity index (χ1v) is 6.85. The quantitative estimate of drug-likeness (QED) is 0.875. The summed E-state index contributed by atoms with van der Waals surface area (Å²) >= 11 is 10.8. The molecular weight excluding hydrogens is 320 g/mol. The molecule has 0 aliphatic heterocycles. The fourth-order valence-corrected chi connectivity index (χ4v) is 3.01. The highest BCUT2D eigenvalue weighted by Gasteiger charge is 2.12. The van der Waals surface area contributed by atoms with Gasteiger partial charge < -0.3 is 5.32 Å². The van der Waals surface area contributed by atoms with Crippen molar-refractivity contribution in [3.8, 4) is 6.07 Å². The average Bonchev–Trinajstić information content (AvgIpc) is 2.73. The van der Waals surface area contributed by atoms with E-state index in [2.05, 4.69) is 27.3 Å². The van der Waals surface area contributed by atoms with Crippen LogP contribution in [0, 0.1) is 11.3 Å². The van der Waals surface area contributed by atoms with Crippen molar-refractivity contribution in [3.05, 3.63) is 50.1 Å². The zero-order valence-electron chi connectivity index (χ0n) is 8.65. The predicted molar refractivity (Wildman–Crippen MR) is 75.4 cm³/mol. The summed E-state index contributed by atoms with van der Waals surface area (Å²) in [6.45, 7) is 0. The van der Waals surface area contributed by atoms with Gasteiger partial charge in [-0.1, -0.05) is 17.7 Å². The average molecular weight is 328 g/mol. The highest BCUT2D eigenvalue weighted by Crippen LogP contribution is 2.29. The van der Waals surface area contributed by atoms with Crippen LogP contribution in [0.1, 0.15) is 10.9 Å². The van der Waals surface area contributed by atoms with Gasteiger partial charge in [-0.2, -0.15) is 5.26 Å². The smallest absolute Gasteiger partial charge is 0.149 e. The Morgan fingerprint density at radius 1 is 1.35 bits per heavy atom. The van der Waals surface area contributed by atoms with E-state index in [-0.39, 0.29) is 6.04 Å². The molecule has 0 aliphatic carbocycles. The summed E-state index contributed by atoms with van der Waals surface area (Å²) < 4.78 is 1.01. The molecule has 17 heavy (non-hydrogen) atoms. The lowest BCUT2D eigenvalue weighted by atomic mass is 10.2. The fourth-order valence-electron chi connectivity index (χ4n) is 1.40. The molecule has 0 fully saturated rings.